The Hall–Kier alpha value is -1.59. The zero-order chi connectivity index (χ0) is 14.9. The minimum Gasteiger partial charge on any atom is -0.494 e. The summed E-state index contributed by atoms with van der Waals surface area (Å²) < 4.78 is 11.1. The Morgan fingerprint density at radius 2 is 2.00 bits per heavy atom. The Bertz CT molecular complexity index is 428. The van der Waals surface area contributed by atoms with Crippen LogP contribution in [0.15, 0.2) is 24.3 Å². The van der Waals surface area contributed by atoms with Crippen LogP contribution >= 0.6 is 0 Å². The third kappa shape index (κ3) is 5.36. The summed E-state index contributed by atoms with van der Waals surface area (Å²) in [5.41, 5.74) is 0.639. The fourth-order valence-electron chi connectivity index (χ4n) is 2.32. The van der Waals surface area contributed by atoms with Crippen molar-refractivity contribution in [2.24, 2.45) is 0 Å². The van der Waals surface area contributed by atoms with Gasteiger partial charge in [0.05, 0.1) is 19.3 Å². The molecule has 1 aromatic rings. The molecule has 1 aromatic carbocycles. The van der Waals surface area contributed by atoms with Gasteiger partial charge in [-0.15, -0.1) is 0 Å². The normalized spacial score (nSPS) is 15.7. The first kappa shape index (κ1) is 15.8. The van der Waals surface area contributed by atoms with Gasteiger partial charge in [-0.05, 0) is 57.1 Å². The lowest BCUT2D eigenvalue weighted by atomic mass is 10.1. The molecule has 0 atom stereocenters. The van der Waals surface area contributed by atoms with Crippen LogP contribution in [0, 0.1) is 0 Å². The largest absolute Gasteiger partial charge is 0.494 e. The van der Waals surface area contributed by atoms with E-state index in [4.69, 9.17) is 9.47 Å². The Morgan fingerprint density at radius 1 is 1.29 bits per heavy atom. The Labute approximate surface area is 126 Å². The van der Waals surface area contributed by atoms with E-state index in [-0.39, 0.29) is 5.91 Å². The number of hydrogen-bond donors (Lipinski definition) is 2. The molecule has 1 amide bonds. The fourth-order valence-corrected chi connectivity index (χ4v) is 2.32. The zero-order valence-corrected chi connectivity index (χ0v) is 12.6. The number of ether oxygens (including phenoxy) is 2. The second kappa shape index (κ2) is 8.64. The summed E-state index contributed by atoms with van der Waals surface area (Å²) in [5.74, 6) is 0.704. The van der Waals surface area contributed by atoms with Gasteiger partial charge in [0.2, 0.25) is 0 Å². The first-order valence-corrected chi connectivity index (χ1v) is 7.63. The number of benzene rings is 1. The molecule has 0 aliphatic carbocycles. The van der Waals surface area contributed by atoms with Gasteiger partial charge in [0.25, 0.3) is 5.91 Å². The van der Waals surface area contributed by atoms with E-state index in [2.05, 4.69) is 10.6 Å². The molecule has 0 aromatic heterocycles. The quantitative estimate of drug-likeness (QED) is 0.749. The molecule has 1 aliphatic heterocycles. The number of nitrogens with one attached hydrogen (secondary N) is 2. The summed E-state index contributed by atoms with van der Waals surface area (Å²) in [6.07, 6.45) is 2.42. The Balaban J connectivity index is 1.66. The Kier molecular flexibility index (Phi) is 6.50. The maximum absolute atomic E-state index is 11.9. The minimum absolute atomic E-state index is 0.0769. The van der Waals surface area contributed by atoms with Crippen LogP contribution in [0.2, 0.25) is 0 Å². The van der Waals surface area contributed by atoms with E-state index in [1.54, 1.807) is 12.1 Å². The second-order valence-corrected chi connectivity index (χ2v) is 5.03. The molecule has 0 bridgehead atoms. The monoisotopic (exact) mass is 292 g/mol. The van der Waals surface area contributed by atoms with Crippen LogP contribution in [-0.2, 0) is 4.74 Å². The molecule has 21 heavy (non-hydrogen) atoms. The fraction of sp³-hybridized carbons (Fsp3) is 0.562. The first-order valence-electron chi connectivity index (χ1n) is 7.63. The van der Waals surface area contributed by atoms with E-state index >= 15 is 0 Å². The average Bonchev–Trinajstić information content (AvgIpc) is 2.53. The highest BCUT2D eigenvalue weighted by Crippen LogP contribution is 2.12. The molecular formula is C16H24N2O3. The second-order valence-electron chi connectivity index (χ2n) is 5.03. The van der Waals surface area contributed by atoms with Crippen molar-refractivity contribution < 1.29 is 14.3 Å². The SMILES string of the molecule is CCOc1ccc(C(=O)NCCOC2CCNCC2)cc1. The minimum atomic E-state index is -0.0769. The number of carbonyl (C=O) groups excluding carboxylic acids is 1. The van der Waals surface area contributed by atoms with Crippen molar-refractivity contribution in [3.63, 3.8) is 0 Å². The van der Waals surface area contributed by atoms with E-state index in [0.29, 0.717) is 31.4 Å². The molecule has 0 saturated carbocycles. The molecule has 1 saturated heterocycles. The topological polar surface area (TPSA) is 59.6 Å². The van der Waals surface area contributed by atoms with Gasteiger partial charge < -0.3 is 20.1 Å². The third-order valence-corrected chi connectivity index (χ3v) is 3.45. The number of hydrogen-bond acceptors (Lipinski definition) is 4. The van der Waals surface area contributed by atoms with Crippen molar-refractivity contribution in [1.82, 2.24) is 10.6 Å². The van der Waals surface area contributed by atoms with Gasteiger partial charge in [0.1, 0.15) is 5.75 Å². The van der Waals surface area contributed by atoms with Crippen molar-refractivity contribution in [3.8, 4) is 5.75 Å². The molecule has 5 heteroatoms. The van der Waals surface area contributed by atoms with E-state index in [0.717, 1.165) is 31.7 Å². The van der Waals surface area contributed by atoms with Crippen LogP contribution in [0.3, 0.4) is 0 Å². The third-order valence-electron chi connectivity index (χ3n) is 3.45. The van der Waals surface area contributed by atoms with E-state index in [9.17, 15) is 4.79 Å². The summed E-state index contributed by atoms with van der Waals surface area (Å²) in [7, 11) is 0. The molecule has 0 radical (unpaired) electrons. The van der Waals surface area contributed by atoms with Crippen LogP contribution in [0.5, 0.6) is 5.75 Å². The highest BCUT2D eigenvalue weighted by molar-refractivity contribution is 5.94. The van der Waals surface area contributed by atoms with Crippen LogP contribution in [0.4, 0.5) is 0 Å². The van der Waals surface area contributed by atoms with Crippen molar-refractivity contribution in [2.75, 3.05) is 32.8 Å². The van der Waals surface area contributed by atoms with Crippen LogP contribution in [0.25, 0.3) is 0 Å². The lowest BCUT2D eigenvalue weighted by molar-refractivity contribution is 0.0343. The van der Waals surface area contributed by atoms with Crippen LogP contribution in [0.1, 0.15) is 30.1 Å². The van der Waals surface area contributed by atoms with Gasteiger partial charge in [0, 0.05) is 12.1 Å². The highest BCUT2D eigenvalue weighted by Gasteiger charge is 2.13. The molecule has 5 nitrogen and oxygen atoms in total. The zero-order valence-electron chi connectivity index (χ0n) is 12.6. The van der Waals surface area contributed by atoms with Crippen LogP contribution in [-0.4, -0.2) is 44.9 Å². The van der Waals surface area contributed by atoms with E-state index in [1.807, 2.05) is 19.1 Å². The van der Waals surface area contributed by atoms with E-state index < -0.39 is 0 Å². The molecule has 0 spiro atoms. The summed E-state index contributed by atoms with van der Waals surface area (Å²) in [6, 6.07) is 7.16. The van der Waals surface area contributed by atoms with E-state index in [1.165, 1.54) is 0 Å². The molecular weight excluding hydrogens is 268 g/mol. The lowest BCUT2D eigenvalue weighted by Gasteiger charge is -2.22. The van der Waals surface area contributed by atoms with Crippen molar-refractivity contribution in [2.45, 2.75) is 25.9 Å². The Morgan fingerprint density at radius 3 is 2.67 bits per heavy atom. The molecule has 0 unspecified atom stereocenters. The number of carbonyl (C=O) groups is 1. The van der Waals surface area contributed by atoms with Crippen molar-refractivity contribution in [1.29, 1.82) is 0 Å². The van der Waals surface area contributed by atoms with Gasteiger partial charge in [-0.3, -0.25) is 4.79 Å². The average molecular weight is 292 g/mol. The molecule has 116 valence electrons. The summed E-state index contributed by atoms with van der Waals surface area (Å²) in [6.45, 7) is 5.69. The predicted molar refractivity (Wildman–Crippen MR) is 81.8 cm³/mol. The number of piperidine rings is 1. The lowest BCUT2D eigenvalue weighted by Crippen LogP contribution is -2.34. The predicted octanol–water partition coefficient (Wildman–Crippen LogP) is 1.58. The molecule has 1 heterocycles. The van der Waals surface area contributed by atoms with Gasteiger partial charge in [-0.25, -0.2) is 0 Å². The summed E-state index contributed by atoms with van der Waals surface area (Å²) in [4.78, 5) is 11.9. The van der Waals surface area contributed by atoms with Crippen molar-refractivity contribution >= 4 is 5.91 Å². The standard InChI is InChI=1S/C16H24N2O3/c1-2-20-14-5-3-13(4-6-14)16(19)18-11-12-21-15-7-9-17-10-8-15/h3-6,15,17H,2,7-12H2,1H3,(H,18,19). The molecule has 2 rings (SSSR count). The van der Waals surface area contributed by atoms with Crippen LogP contribution < -0.4 is 15.4 Å². The summed E-state index contributed by atoms with van der Waals surface area (Å²) in [5, 5.41) is 6.17. The molecule has 1 fully saturated rings. The molecule has 2 N–H and O–H groups in total. The highest BCUT2D eigenvalue weighted by atomic mass is 16.5. The number of amides is 1. The van der Waals surface area contributed by atoms with Gasteiger partial charge in [-0.1, -0.05) is 0 Å². The maximum atomic E-state index is 11.9. The van der Waals surface area contributed by atoms with Crippen molar-refractivity contribution in [3.05, 3.63) is 29.8 Å². The smallest absolute Gasteiger partial charge is 0.251 e. The number of rotatable bonds is 7. The van der Waals surface area contributed by atoms with Gasteiger partial charge in [0.15, 0.2) is 0 Å². The molecule has 1 aliphatic rings. The van der Waals surface area contributed by atoms with Gasteiger partial charge >= 0.3 is 0 Å². The maximum Gasteiger partial charge on any atom is 0.251 e. The summed E-state index contributed by atoms with van der Waals surface area (Å²) >= 11 is 0. The van der Waals surface area contributed by atoms with Gasteiger partial charge in [-0.2, -0.15) is 0 Å². The first-order chi connectivity index (χ1) is 10.3.